The first-order valence-corrected chi connectivity index (χ1v) is 36.9. The molecule has 5 heterocycles. The van der Waals surface area contributed by atoms with Crippen LogP contribution in [-0.2, 0) is 45.2 Å². The third-order valence-corrected chi connectivity index (χ3v) is 19.5. The van der Waals surface area contributed by atoms with Crippen molar-refractivity contribution in [3.05, 3.63) is 95.1 Å². The minimum atomic E-state index is 0. The number of fused-ring (bicyclic) bond motifs is 20. The van der Waals surface area contributed by atoms with Gasteiger partial charge in [-0.2, -0.15) is 0 Å². The van der Waals surface area contributed by atoms with E-state index in [2.05, 4.69) is 110 Å². The maximum atomic E-state index is 5.54. The number of nitrogens with zero attached hydrogens (tertiary/aromatic N) is 6. The summed E-state index contributed by atoms with van der Waals surface area (Å²) >= 11 is 0. The SMILES string of the molecule is CCCCCCCCCCCCc1cc2c3nc4nc(nc5[nH]c(nc6nc(nc([nH]3)c2cc1CCCCCCCCCCCC)-c1ccccc1-6)c1cc(CCCCCCCCCCCC)c(CCCCCCCCCCCC)cc51)-c1ccccc1-4.[Zn]. The second-order valence-corrected chi connectivity index (χ2v) is 26.8. The van der Waals surface area contributed by atoms with Crippen molar-refractivity contribution in [3.8, 4) is 45.6 Å². The summed E-state index contributed by atoms with van der Waals surface area (Å²) in [6, 6.07) is 26.9. The van der Waals surface area contributed by atoms with E-state index in [1.165, 1.54) is 279 Å². The first-order chi connectivity index (χ1) is 43.6. The maximum Gasteiger partial charge on any atom is 0.164 e. The summed E-state index contributed by atoms with van der Waals surface area (Å²) in [4.78, 5) is 40.5. The standard InChI is InChI=1S/C80H114N8.Zn/c1-5-9-13-17-21-25-29-33-37-41-49-61-57-69-70(58-62(61)50-42-38-34-30-26-22-18-14-10-6-2)78-84-74-67-55-47-48-56-68(67)76(82-74)86-80-72-60-64(52-44-40-36-32-28-24-20-16-12-8-4)63(51-43-39-35-31-27-23-19-15-11-7-3)59-71(72)79(88-80)85-75-66-54-46-45-53-65(66)73(81-75)83-77(69)87-78;/h45-48,53-60H,5-44,49-52H2,1-4H3,(H2,81,82,83,84,85,86,87,88);. The van der Waals surface area contributed by atoms with E-state index in [0.29, 0.717) is 23.3 Å². The molecule has 4 aromatic carbocycles. The summed E-state index contributed by atoms with van der Waals surface area (Å²) in [5, 5.41) is 4.36. The number of nitrogens with one attached hydrogen (secondary N) is 2. The van der Waals surface area contributed by atoms with Crippen LogP contribution in [0.2, 0.25) is 0 Å². The van der Waals surface area contributed by atoms with Gasteiger partial charge in [-0.1, -0.05) is 307 Å². The fourth-order valence-corrected chi connectivity index (χ4v) is 14.1. The molecule has 0 saturated heterocycles. The Balaban J connectivity index is 0.0000102. The summed E-state index contributed by atoms with van der Waals surface area (Å²) in [6.45, 7) is 9.24. The van der Waals surface area contributed by atoms with Gasteiger partial charge in [-0.05, 0) is 97.9 Å². The van der Waals surface area contributed by atoms with E-state index in [9.17, 15) is 0 Å². The third kappa shape index (κ3) is 20.9. The number of H-pyrrole nitrogens is 2. The number of benzene rings is 4. The van der Waals surface area contributed by atoms with Crippen LogP contribution in [0.3, 0.4) is 0 Å². The number of unbranched alkanes of at least 4 members (excludes halogenated alkanes) is 36. The fourth-order valence-electron chi connectivity index (χ4n) is 14.1. The van der Waals surface area contributed by atoms with E-state index in [1.807, 2.05) is 0 Å². The van der Waals surface area contributed by atoms with Crippen LogP contribution in [0.4, 0.5) is 0 Å². The molecule has 89 heavy (non-hydrogen) atoms. The molecule has 7 aromatic rings. The molecule has 0 radical (unpaired) electrons. The second-order valence-electron chi connectivity index (χ2n) is 26.8. The number of aryl methyl sites for hydroxylation is 4. The number of hydrogen-bond donors (Lipinski definition) is 2. The summed E-state index contributed by atoms with van der Waals surface area (Å²) in [6.07, 6.45) is 57.7. The van der Waals surface area contributed by atoms with Crippen LogP contribution in [0.25, 0.3) is 89.7 Å². The van der Waals surface area contributed by atoms with Crippen molar-refractivity contribution in [1.82, 2.24) is 39.9 Å². The molecule has 8 nitrogen and oxygen atoms in total. The quantitative estimate of drug-likeness (QED) is 0.0291. The molecular formula is C80H114N8Zn. The Labute approximate surface area is 550 Å². The van der Waals surface area contributed by atoms with Gasteiger partial charge in [0.2, 0.25) is 0 Å². The number of rotatable bonds is 44. The molecular weight excluding hydrogens is 1140 g/mol. The average Bonchev–Trinajstić information content (AvgIpc) is 2.02. The van der Waals surface area contributed by atoms with E-state index in [1.54, 1.807) is 0 Å². The molecule has 0 saturated carbocycles. The minimum Gasteiger partial charge on any atom is -0.324 e. The normalized spacial score (nSPS) is 11.9. The van der Waals surface area contributed by atoms with Crippen LogP contribution in [0.15, 0.2) is 72.8 Å². The van der Waals surface area contributed by atoms with E-state index >= 15 is 0 Å². The molecule has 0 fully saturated rings. The van der Waals surface area contributed by atoms with Crippen LogP contribution in [0.1, 0.15) is 307 Å². The number of aromatic amines is 2. The Hall–Kier alpha value is -5.14. The predicted octanol–water partition coefficient (Wildman–Crippen LogP) is 24.7. The summed E-state index contributed by atoms with van der Waals surface area (Å²) in [5.41, 5.74) is 12.9. The van der Waals surface area contributed by atoms with Gasteiger partial charge in [-0.25, -0.2) is 29.9 Å². The molecule has 476 valence electrons. The summed E-state index contributed by atoms with van der Waals surface area (Å²) in [7, 11) is 0. The van der Waals surface area contributed by atoms with Crippen molar-refractivity contribution in [1.29, 1.82) is 0 Å². The Morgan fingerprint density at radius 3 is 0.607 bits per heavy atom. The van der Waals surface area contributed by atoms with Crippen LogP contribution in [-0.4, -0.2) is 39.9 Å². The van der Waals surface area contributed by atoms with Crippen LogP contribution >= 0.6 is 0 Å². The van der Waals surface area contributed by atoms with Gasteiger partial charge in [-0.3, -0.25) is 0 Å². The molecule has 0 atom stereocenters. The molecule has 8 bridgehead atoms. The molecule has 0 unspecified atom stereocenters. The zero-order chi connectivity index (χ0) is 60.8. The van der Waals surface area contributed by atoms with E-state index in [4.69, 9.17) is 29.9 Å². The van der Waals surface area contributed by atoms with Gasteiger partial charge >= 0.3 is 0 Å². The predicted molar refractivity (Wildman–Crippen MR) is 378 cm³/mol. The Bertz CT molecular complexity index is 2940. The zero-order valence-corrected chi connectivity index (χ0v) is 59.4. The van der Waals surface area contributed by atoms with Gasteiger partial charge in [0.1, 0.15) is 22.6 Å². The van der Waals surface area contributed by atoms with Crippen molar-refractivity contribution < 1.29 is 19.5 Å². The zero-order valence-electron chi connectivity index (χ0n) is 56.4. The minimum absolute atomic E-state index is 0. The molecule has 9 rings (SSSR count). The maximum absolute atomic E-state index is 5.54. The molecule has 0 aliphatic carbocycles. The van der Waals surface area contributed by atoms with Crippen LogP contribution < -0.4 is 0 Å². The Morgan fingerprint density at radius 1 is 0.236 bits per heavy atom. The van der Waals surface area contributed by atoms with Crippen molar-refractivity contribution in [2.75, 3.05) is 0 Å². The fraction of sp³-hybridized carbons (Fsp3) is 0.600. The molecule has 2 N–H and O–H groups in total. The van der Waals surface area contributed by atoms with Crippen molar-refractivity contribution in [2.45, 2.75) is 310 Å². The van der Waals surface area contributed by atoms with Crippen molar-refractivity contribution in [2.24, 2.45) is 0 Å². The topological polar surface area (TPSA) is 109 Å². The van der Waals surface area contributed by atoms with Gasteiger partial charge < -0.3 is 9.97 Å². The van der Waals surface area contributed by atoms with E-state index < -0.39 is 0 Å². The van der Waals surface area contributed by atoms with E-state index in [-0.39, 0.29) is 19.5 Å². The van der Waals surface area contributed by atoms with Crippen molar-refractivity contribution in [3.63, 3.8) is 0 Å². The van der Waals surface area contributed by atoms with Gasteiger partial charge in [0.15, 0.2) is 23.3 Å². The smallest absolute Gasteiger partial charge is 0.164 e. The largest absolute Gasteiger partial charge is 0.324 e. The van der Waals surface area contributed by atoms with Crippen LogP contribution in [0.5, 0.6) is 0 Å². The first-order valence-electron chi connectivity index (χ1n) is 36.9. The first kappa shape index (κ1) is 69.7. The Kier molecular flexibility index (Phi) is 30.8. The monoisotopic (exact) mass is 1250 g/mol. The molecule has 2 aliphatic heterocycles. The second kappa shape index (κ2) is 39.3. The molecule has 2 aliphatic rings. The number of aromatic nitrogens is 8. The van der Waals surface area contributed by atoms with Gasteiger partial charge in [-0.15, -0.1) is 0 Å². The molecule has 3 aromatic heterocycles. The molecule has 9 heteroatoms. The van der Waals surface area contributed by atoms with E-state index in [0.717, 1.165) is 92.1 Å². The van der Waals surface area contributed by atoms with Crippen LogP contribution in [0, 0.1) is 0 Å². The number of hydrogen-bond acceptors (Lipinski definition) is 6. The van der Waals surface area contributed by atoms with Gasteiger partial charge in [0.05, 0.1) is 0 Å². The molecule has 0 spiro atoms. The van der Waals surface area contributed by atoms with Crippen molar-refractivity contribution >= 4 is 44.1 Å². The molecule has 0 amide bonds. The van der Waals surface area contributed by atoms with Gasteiger partial charge in [0, 0.05) is 63.3 Å². The average molecular weight is 1250 g/mol. The Morgan fingerprint density at radius 2 is 0.416 bits per heavy atom. The third-order valence-electron chi connectivity index (χ3n) is 19.5. The summed E-state index contributed by atoms with van der Waals surface area (Å²) in [5.74, 6) is 2.67. The summed E-state index contributed by atoms with van der Waals surface area (Å²) < 4.78 is 0. The van der Waals surface area contributed by atoms with Gasteiger partial charge in [0.25, 0.3) is 0 Å².